The second-order valence-corrected chi connectivity index (χ2v) is 10.6. The lowest BCUT2D eigenvalue weighted by molar-refractivity contribution is 1.14. The van der Waals surface area contributed by atoms with E-state index < -0.39 is 8.07 Å². The average Bonchev–Trinajstić information content (AvgIpc) is 2.95. The first-order valence-electron chi connectivity index (χ1n) is 6.74. The van der Waals surface area contributed by atoms with Crippen LogP contribution in [0.1, 0.15) is 30.0 Å². The molecule has 1 aromatic carbocycles. The summed E-state index contributed by atoms with van der Waals surface area (Å²) in [6, 6.07) is 8.87. The molecule has 1 heteroatoms. The van der Waals surface area contributed by atoms with Crippen molar-refractivity contribution in [3.8, 4) is 0 Å². The summed E-state index contributed by atoms with van der Waals surface area (Å²) in [7, 11) is -1.42. The van der Waals surface area contributed by atoms with Crippen LogP contribution in [0.2, 0.25) is 13.1 Å². The zero-order valence-corrected chi connectivity index (χ0v) is 12.4. The minimum Gasteiger partial charge on any atom is -0.0806 e. The molecular weight excluding hydrogens is 232 g/mol. The molecule has 0 nitrogen and oxygen atoms in total. The monoisotopic (exact) mass is 252 g/mol. The van der Waals surface area contributed by atoms with E-state index in [-0.39, 0.29) is 0 Å². The molecule has 0 radical (unpaired) electrons. The summed E-state index contributed by atoms with van der Waals surface area (Å²) in [6.07, 6.45) is 10.6. The summed E-state index contributed by atoms with van der Waals surface area (Å²) in [4.78, 5) is 0. The molecule has 1 atom stereocenters. The van der Waals surface area contributed by atoms with Crippen LogP contribution in [-0.4, -0.2) is 8.07 Å². The first kappa shape index (κ1) is 11.7. The van der Waals surface area contributed by atoms with Crippen LogP contribution < -0.4 is 0 Å². The molecule has 18 heavy (non-hydrogen) atoms. The first-order chi connectivity index (χ1) is 8.60. The fourth-order valence-electron chi connectivity index (χ4n) is 3.45. The van der Waals surface area contributed by atoms with E-state index in [4.69, 9.17) is 0 Å². The van der Waals surface area contributed by atoms with Gasteiger partial charge in [0.15, 0.2) is 0 Å². The molecule has 0 fully saturated rings. The second kappa shape index (κ2) is 4.10. The fraction of sp³-hybridized carbons (Fsp3) is 0.294. The van der Waals surface area contributed by atoms with Crippen LogP contribution in [0.5, 0.6) is 0 Å². The average molecular weight is 252 g/mol. The molecule has 1 aromatic rings. The number of hydrogen-bond donors (Lipinski definition) is 0. The molecule has 0 saturated heterocycles. The summed E-state index contributed by atoms with van der Waals surface area (Å²) in [5, 5.41) is 1.73. The van der Waals surface area contributed by atoms with E-state index >= 15 is 0 Å². The minimum atomic E-state index is -1.42. The molecule has 2 aliphatic rings. The van der Waals surface area contributed by atoms with Crippen molar-refractivity contribution in [1.82, 2.24) is 0 Å². The lowest BCUT2D eigenvalue weighted by Crippen LogP contribution is -2.36. The molecule has 0 heterocycles. The number of rotatable bonds is 2. The fourth-order valence-corrected chi connectivity index (χ4v) is 7.19. The van der Waals surface area contributed by atoms with E-state index in [0.717, 1.165) is 0 Å². The third-order valence-corrected chi connectivity index (χ3v) is 8.73. The molecule has 2 aliphatic carbocycles. The van der Waals surface area contributed by atoms with Crippen molar-refractivity contribution in [2.45, 2.75) is 32.0 Å². The highest BCUT2D eigenvalue weighted by Crippen LogP contribution is 2.42. The molecule has 0 bridgehead atoms. The molecule has 1 unspecified atom stereocenters. The van der Waals surface area contributed by atoms with Gasteiger partial charge in [0.05, 0.1) is 8.07 Å². The topological polar surface area (TPSA) is 0 Å². The van der Waals surface area contributed by atoms with Gasteiger partial charge in [0.1, 0.15) is 0 Å². The maximum atomic E-state index is 2.52. The lowest BCUT2D eigenvalue weighted by atomic mass is 10.1. The largest absolute Gasteiger partial charge is 0.0876 e. The van der Waals surface area contributed by atoms with Crippen LogP contribution in [0.25, 0.3) is 6.08 Å². The van der Waals surface area contributed by atoms with Gasteiger partial charge in [-0.2, -0.15) is 0 Å². The predicted octanol–water partition coefficient (Wildman–Crippen LogP) is 4.86. The Morgan fingerprint density at radius 3 is 2.61 bits per heavy atom. The zero-order chi connectivity index (χ0) is 12.8. The summed E-state index contributed by atoms with van der Waals surface area (Å²) < 4.78 is 0. The van der Waals surface area contributed by atoms with E-state index in [1.54, 1.807) is 10.8 Å². The van der Waals surface area contributed by atoms with Crippen molar-refractivity contribution in [3.63, 3.8) is 0 Å². The van der Waals surface area contributed by atoms with E-state index in [1.165, 1.54) is 17.6 Å². The molecule has 0 amide bonds. The quantitative estimate of drug-likeness (QED) is 0.659. The summed E-state index contributed by atoms with van der Waals surface area (Å²) in [5.41, 5.74) is 5.14. The molecule has 0 N–H and O–H groups in total. The van der Waals surface area contributed by atoms with E-state index in [2.05, 4.69) is 68.6 Å². The van der Waals surface area contributed by atoms with Crippen molar-refractivity contribution < 1.29 is 0 Å². The van der Waals surface area contributed by atoms with Crippen molar-refractivity contribution in [1.29, 1.82) is 0 Å². The maximum Gasteiger partial charge on any atom is 0.0876 e. The summed E-state index contributed by atoms with van der Waals surface area (Å²) >= 11 is 0. The Morgan fingerprint density at radius 2 is 1.89 bits per heavy atom. The van der Waals surface area contributed by atoms with Gasteiger partial charge in [0.25, 0.3) is 0 Å². The van der Waals surface area contributed by atoms with Gasteiger partial charge in [0.2, 0.25) is 0 Å². The maximum absolute atomic E-state index is 2.52. The predicted molar refractivity (Wildman–Crippen MR) is 82.2 cm³/mol. The van der Waals surface area contributed by atoms with Crippen molar-refractivity contribution in [3.05, 3.63) is 64.4 Å². The number of fused-ring (bicyclic) bond motifs is 1. The normalized spacial score (nSPS) is 21.8. The molecule has 0 aliphatic heterocycles. The Kier molecular flexibility index (Phi) is 2.67. The van der Waals surface area contributed by atoms with Gasteiger partial charge in [-0.05, 0) is 24.5 Å². The number of benzene rings is 1. The third-order valence-electron chi connectivity index (χ3n) is 4.52. The van der Waals surface area contributed by atoms with E-state index in [1.807, 2.05) is 0 Å². The molecule has 0 spiro atoms. The standard InChI is InChI=1S/C17H20Si/c1-13-7-6-10-16(13)18(2,3)17-12-11-14-8-4-5-9-15(14)17/h4-9,11-12,17H,10H2,1-3H3. The van der Waals surface area contributed by atoms with Crippen molar-refractivity contribution in [2.75, 3.05) is 0 Å². The van der Waals surface area contributed by atoms with Gasteiger partial charge >= 0.3 is 0 Å². The van der Waals surface area contributed by atoms with Crippen LogP contribution in [0.4, 0.5) is 0 Å². The number of hydrogen-bond acceptors (Lipinski definition) is 0. The summed E-state index contributed by atoms with van der Waals surface area (Å²) in [5.74, 6) is 0. The van der Waals surface area contributed by atoms with Gasteiger partial charge in [-0.3, -0.25) is 0 Å². The van der Waals surface area contributed by atoms with Crippen LogP contribution in [-0.2, 0) is 0 Å². The van der Waals surface area contributed by atoms with Gasteiger partial charge in [0, 0.05) is 5.54 Å². The Balaban J connectivity index is 2.02. The molecular formula is C17H20Si. The smallest absolute Gasteiger partial charge is 0.0806 e. The summed E-state index contributed by atoms with van der Waals surface area (Å²) in [6.45, 7) is 7.32. The minimum absolute atomic E-state index is 0.651. The number of allylic oxidation sites excluding steroid dienone is 5. The van der Waals surface area contributed by atoms with Crippen molar-refractivity contribution >= 4 is 14.1 Å². The highest BCUT2D eigenvalue weighted by molar-refractivity contribution is 6.86. The first-order valence-corrected chi connectivity index (χ1v) is 9.82. The van der Waals surface area contributed by atoms with Gasteiger partial charge in [-0.25, -0.2) is 0 Å². The van der Waals surface area contributed by atoms with E-state index in [9.17, 15) is 0 Å². The molecule has 3 rings (SSSR count). The van der Waals surface area contributed by atoms with Crippen LogP contribution in [0.3, 0.4) is 0 Å². The Morgan fingerprint density at radius 1 is 1.11 bits per heavy atom. The molecule has 0 aromatic heterocycles. The van der Waals surface area contributed by atoms with Gasteiger partial charge in [-0.1, -0.05) is 72.4 Å². The third kappa shape index (κ3) is 1.65. The van der Waals surface area contributed by atoms with Gasteiger partial charge in [-0.15, -0.1) is 0 Å². The Bertz CT molecular complexity index is 573. The van der Waals surface area contributed by atoms with E-state index in [0.29, 0.717) is 5.54 Å². The zero-order valence-electron chi connectivity index (χ0n) is 11.4. The van der Waals surface area contributed by atoms with Crippen LogP contribution in [0.15, 0.2) is 53.3 Å². The van der Waals surface area contributed by atoms with Crippen LogP contribution >= 0.6 is 0 Å². The molecule has 0 saturated carbocycles. The van der Waals surface area contributed by atoms with Crippen molar-refractivity contribution in [2.24, 2.45) is 0 Å². The molecule has 92 valence electrons. The Labute approximate surface area is 111 Å². The highest BCUT2D eigenvalue weighted by atomic mass is 28.3. The lowest BCUT2D eigenvalue weighted by Gasteiger charge is -2.32. The SMILES string of the molecule is CC1=C([Si](C)(C)C2C=Cc3ccccc32)CC=C1. The Hall–Kier alpha value is -1.34. The van der Waals surface area contributed by atoms with Gasteiger partial charge < -0.3 is 0 Å². The second-order valence-electron chi connectivity index (χ2n) is 5.96. The van der Waals surface area contributed by atoms with Crippen LogP contribution in [0, 0.1) is 0 Å². The highest BCUT2D eigenvalue weighted by Gasteiger charge is 2.38.